The summed E-state index contributed by atoms with van der Waals surface area (Å²) < 4.78 is 2.14. The number of nitrogens with zero attached hydrogens (tertiary/aromatic N) is 7. The number of piperazine rings is 1. The molecule has 9 heterocycles. The summed E-state index contributed by atoms with van der Waals surface area (Å²) in [5.74, 6) is 0.212. The lowest BCUT2D eigenvalue weighted by Crippen LogP contribution is -2.63. The van der Waals surface area contributed by atoms with E-state index >= 15 is 0 Å². The molecule has 4 aromatic rings. The lowest BCUT2D eigenvalue weighted by Gasteiger charge is -2.53. The van der Waals surface area contributed by atoms with Gasteiger partial charge in [-0.1, -0.05) is 23.7 Å². The number of thiophene rings is 1. The Morgan fingerprint density at radius 3 is 2.37 bits per heavy atom. The van der Waals surface area contributed by atoms with Gasteiger partial charge in [0, 0.05) is 78.8 Å². The summed E-state index contributed by atoms with van der Waals surface area (Å²) in [7, 11) is 0. The van der Waals surface area contributed by atoms with Crippen molar-refractivity contribution < 1.29 is 24.0 Å². The molecule has 5 fully saturated rings. The lowest BCUT2D eigenvalue weighted by atomic mass is 9.87. The van der Waals surface area contributed by atoms with Crippen molar-refractivity contribution in [1.82, 2.24) is 40.1 Å². The summed E-state index contributed by atoms with van der Waals surface area (Å²) in [4.78, 5) is 74.5. The number of carbonyl (C=O) groups excluding carboxylic acids is 5. The van der Waals surface area contributed by atoms with E-state index in [9.17, 15) is 24.0 Å². The molecule has 5 atom stereocenters. The van der Waals surface area contributed by atoms with E-state index in [2.05, 4.69) is 61.2 Å². The minimum atomic E-state index is -0.980. The van der Waals surface area contributed by atoms with Gasteiger partial charge in [0.15, 0.2) is 5.82 Å². The molecule has 14 nitrogen and oxygen atoms in total. The van der Waals surface area contributed by atoms with Crippen LogP contribution in [-0.2, 0) is 14.4 Å². The number of rotatable bonds is 7. The summed E-state index contributed by atoms with van der Waals surface area (Å²) in [5.41, 5.74) is 5.03. The number of hydrogen-bond acceptors (Lipinski definition) is 11. The number of anilines is 1. The van der Waals surface area contributed by atoms with Crippen LogP contribution in [0, 0.1) is 26.7 Å². The highest BCUT2D eigenvalue weighted by atomic mass is 35.5. The van der Waals surface area contributed by atoms with Crippen molar-refractivity contribution in [3.8, 4) is 5.00 Å². The summed E-state index contributed by atoms with van der Waals surface area (Å²) in [6, 6.07) is 12.6. The molecule has 2 N–H and O–H groups in total. The highest BCUT2D eigenvalue weighted by Gasteiger charge is 2.46. The number of hydrogen-bond donors (Lipinski definition) is 2. The Morgan fingerprint density at radius 2 is 1.63 bits per heavy atom. The van der Waals surface area contributed by atoms with Gasteiger partial charge in [-0.25, -0.2) is 0 Å². The smallest absolute Gasteiger partial charge is 0.262 e. The van der Waals surface area contributed by atoms with Gasteiger partial charge in [-0.15, -0.1) is 21.5 Å². The van der Waals surface area contributed by atoms with Crippen molar-refractivity contribution >= 4 is 58.2 Å². The minimum absolute atomic E-state index is 0.0899. The number of nitrogens with one attached hydrogen (secondary N) is 2. The third-order valence-electron chi connectivity index (χ3n) is 13.9. The summed E-state index contributed by atoms with van der Waals surface area (Å²) in [6.45, 7) is 10.5. The van der Waals surface area contributed by atoms with Crippen LogP contribution in [0.3, 0.4) is 0 Å². The summed E-state index contributed by atoms with van der Waals surface area (Å²) >= 11 is 8.05. The normalized spacial score (nSPS) is 25.7. The number of carbonyl (C=O) groups is 5. The first-order valence-electron chi connectivity index (χ1n) is 21.1. The van der Waals surface area contributed by atoms with Crippen molar-refractivity contribution in [3.05, 3.63) is 91.8 Å². The van der Waals surface area contributed by atoms with E-state index in [0.717, 1.165) is 91.2 Å². The molecule has 7 aliphatic heterocycles. The fourth-order valence-corrected chi connectivity index (χ4v) is 11.9. The van der Waals surface area contributed by atoms with Crippen LogP contribution in [0.1, 0.15) is 111 Å². The minimum Gasteiger partial charge on any atom is -0.366 e. The van der Waals surface area contributed by atoms with Gasteiger partial charge in [0.05, 0.1) is 23.2 Å². The number of benzene rings is 2. The second-order valence-corrected chi connectivity index (χ2v) is 19.0. The van der Waals surface area contributed by atoms with Crippen LogP contribution < -0.4 is 15.5 Å². The third kappa shape index (κ3) is 6.64. The number of amides is 5. The zero-order chi connectivity index (χ0) is 41.6. The zero-order valence-electron chi connectivity index (χ0n) is 33.9. The average Bonchev–Trinajstić information content (AvgIpc) is 3.82. The quantitative estimate of drug-likeness (QED) is 0.243. The molecular formula is C44H48ClN9O5S. The summed E-state index contributed by atoms with van der Waals surface area (Å²) in [6.07, 6.45) is 4.56. The van der Waals surface area contributed by atoms with E-state index in [4.69, 9.17) is 11.6 Å². The molecular weight excluding hydrogens is 802 g/mol. The zero-order valence-corrected chi connectivity index (χ0v) is 35.5. The topological polar surface area (TPSA) is 153 Å². The van der Waals surface area contributed by atoms with Crippen LogP contribution in [0.25, 0.3) is 5.00 Å². The second kappa shape index (κ2) is 15.2. The van der Waals surface area contributed by atoms with Gasteiger partial charge < -0.3 is 9.80 Å². The van der Waals surface area contributed by atoms with E-state index in [0.29, 0.717) is 28.1 Å². The van der Waals surface area contributed by atoms with Crippen LogP contribution in [0.2, 0.25) is 5.02 Å². The molecule has 5 saturated heterocycles. The highest BCUT2D eigenvalue weighted by molar-refractivity contribution is 7.14. The Labute approximate surface area is 357 Å². The number of imide groups is 2. The first kappa shape index (κ1) is 39.2. The molecule has 11 rings (SSSR count). The van der Waals surface area contributed by atoms with Crippen LogP contribution in [0.15, 0.2) is 42.5 Å². The maximum atomic E-state index is 14.1. The molecule has 5 amide bonds. The van der Waals surface area contributed by atoms with Crippen LogP contribution in [0.4, 0.5) is 5.69 Å². The molecule has 0 saturated carbocycles. The molecule has 2 aromatic carbocycles. The molecule has 0 radical (unpaired) electrons. The first-order valence-corrected chi connectivity index (χ1v) is 22.3. The van der Waals surface area contributed by atoms with Crippen molar-refractivity contribution in [1.29, 1.82) is 0 Å². The van der Waals surface area contributed by atoms with E-state index in [1.807, 2.05) is 36.1 Å². The van der Waals surface area contributed by atoms with Gasteiger partial charge in [-0.3, -0.25) is 49.0 Å². The number of fused-ring (bicyclic) bond motifs is 7. The van der Waals surface area contributed by atoms with Gasteiger partial charge in [0.25, 0.3) is 11.8 Å². The SMILES string of the molecule is Cc1sc2c(c1C)[C@H](c1ccc(Cl)cc1)NC(CC(=O)N1CCC(CN3CC4CCC3CN4c3ccc4c(c3)C(=O)N(C3CCC(=O)NC3=O)C4=O)CC1)c1nnc(C)n1-2. The van der Waals surface area contributed by atoms with Crippen molar-refractivity contribution in [2.24, 2.45) is 5.92 Å². The maximum absolute atomic E-state index is 14.1. The van der Waals surface area contributed by atoms with E-state index in [1.165, 1.54) is 16.0 Å². The average molecular weight is 850 g/mol. The molecule has 60 heavy (non-hydrogen) atoms. The third-order valence-corrected chi connectivity index (χ3v) is 15.3. The van der Waals surface area contributed by atoms with E-state index in [1.54, 1.807) is 17.4 Å². The number of piperidine rings is 4. The van der Waals surface area contributed by atoms with Crippen LogP contribution in [-0.4, -0.2) is 110 Å². The number of aromatic nitrogens is 3. The molecule has 0 aliphatic carbocycles. The molecule has 16 heteroatoms. The first-order chi connectivity index (χ1) is 28.9. The lowest BCUT2D eigenvalue weighted by molar-refractivity contribution is -0.136. The standard InChI is InChI=1S/C44H48ClN9O5S/c1-23-24(2)60-44-38(23)39(27-4-6-28(45)7-5-27)46-34(40-49-48-25(3)53(40)44)19-37(56)50-16-14-26(15-17-50)20-51-21-31-9-8-30(51)22-52(31)29-10-11-32-33(18-29)43(59)54(42(32)58)35-12-13-36(55)47-41(35)57/h4-7,10-11,18,26,30-31,34-35,39,46H,8-9,12-17,19-22H2,1-3H3,(H,47,55,57)/t30?,31?,34?,35?,39-/m0/s1. The Bertz CT molecular complexity index is 2440. The van der Waals surface area contributed by atoms with Gasteiger partial charge in [0.1, 0.15) is 16.9 Å². The number of likely N-dealkylation sites (tertiary alicyclic amines) is 1. The Kier molecular flexibility index (Phi) is 9.92. The van der Waals surface area contributed by atoms with Crippen molar-refractivity contribution in [2.45, 2.75) is 95.9 Å². The van der Waals surface area contributed by atoms with Gasteiger partial charge >= 0.3 is 0 Å². The predicted molar refractivity (Wildman–Crippen MR) is 225 cm³/mol. The highest BCUT2D eigenvalue weighted by Crippen LogP contribution is 2.44. The second-order valence-electron chi connectivity index (χ2n) is 17.3. The molecule has 2 aromatic heterocycles. The van der Waals surface area contributed by atoms with Gasteiger partial charge in [-0.2, -0.15) is 0 Å². The fraction of sp³-hybridized carbons (Fsp3) is 0.477. The van der Waals surface area contributed by atoms with Crippen molar-refractivity contribution in [3.63, 3.8) is 0 Å². The van der Waals surface area contributed by atoms with E-state index in [-0.39, 0.29) is 43.3 Å². The molecule has 0 spiro atoms. The maximum Gasteiger partial charge on any atom is 0.262 e. The Balaban J connectivity index is 0.775. The molecule has 312 valence electrons. The Hall–Kier alpha value is -4.96. The number of aryl methyl sites for hydroxylation is 2. The Morgan fingerprint density at radius 1 is 0.883 bits per heavy atom. The molecule has 4 unspecified atom stereocenters. The van der Waals surface area contributed by atoms with Crippen LogP contribution >= 0.6 is 22.9 Å². The number of halogens is 1. The van der Waals surface area contributed by atoms with Gasteiger partial charge in [0.2, 0.25) is 17.7 Å². The largest absolute Gasteiger partial charge is 0.366 e. The van der Waals surface area contributed by atoms with Crippen LogP contribution in [0.5, 0.6) is 0 Å². The molecule has 7 aliphatic rings. The van der Waals surface area contributed by atoms with E-state index < -0.39 is 29.7 Å². The van der Waals surface area contributed by atoms with Gasteiger partial charge in [-0.05, 0) is 100 Å². The summed E-state index contributed by atoms with van der Waals surface area (Å²) in [5, 5.41) is 17.0. The monoisotopic (exact) mass is 849 g/mol. The fourth-order valence-electron chi connectivity index (χ4n) is 10.5. The molecule has 2 bridgehead atoms. The van der Waals surface area contributed by atoms with Crippen molar-refractivity contribution in [2.75, 3.05) is 37.6 Å². The predicted octanol–water partition coefficient (Wildman–Crippen LogP) is 5.02.